The first-order valence-electron chi connectivity index (χ1n) is 6.88. The van der Waals surface area contributed by atoms with E-state index in [0.29, 0.717) is 0 Å². The molecule has 1 rings (SSSR count). The molecule has 1 saturated heterocycles. The highest BCUT2D eigenvalue weighted by Gasteiger charge is 2.06. The van der Waals surface area contributed by atoms with Crippen LogP contribution in [0.4, 0.5) is 0 Å². The van der Waals surface area contributed by atoms with Crippen LogP contribution in [-0.4, -0.2) is 57.3 Å². The Labute approximate surface area is 106 Å². The predicted molar refractivity (Wildman–Crippen MR) is 74.9 cm³/mol. The molecule has 1 aliphatic heterocycles. The first kappa shape index (κ1) is 16.8. The lowest BCUT2D eigenvalue weighted by molar-refractivity contribution is 0.247. The molecule has 0 amide bonds. The van der Waals surface area contributed by atoms with Crippen LogP contribution in [0, 0.1) is 0 Å². The first-order valence-corrected chi connectivity index (χ1v) is 6.88. The van der Waals surface area contributed by atoms with Gasteiger partial charge in [0.25, 0.3) is 0 Å². The van der Waals surface area contributed by atoms with E-state index >= 15 is 0 Å². The lowest BCUT2D eigenvalue weighted by Gasteiger charge is -2.26. The molecule has 1 aliphatic rings. The third kappa shape index (κ3) is 12.1. The zero-order chi connectivity index (χ0) is 12.8. The molecular weight excluding hydrogens is 214 g/mol. The molecule has 0 aromatic rings. The summed E-state index contributed by atoms with van der Waals surface area (Å²) >= 11 is 0. The summed E-state index contributed by atoms with van der Waals surface area (Å²) in [5, 5.41) is 3.29. The molecule has 104 valence electrons. The molecule has 0 radical (unpaired) electrons. The molecule has 0 aliphatic carbocycles. The van der Waals surface area contributed by atoms with Gasteiger partial charge in [0.05, 0.1) is 0 Å². The van der Waals surface area contributed by atoms with Crippen molar-refractivity contribution in [1.29, 1.82) is 0 Å². The average molecular weight is 245 g/mol. The number of nitrogens with one attached hydrogen (secondary N) is 1. The van der Waals surface area contributed by atoms with Gasteiger partial charge in [-0.15, -0.1) is 0 Å². The lowest BCUT2D eigenvalue weighted by atomic mass is 10.2. The van der Waals surface area contributed by atoms with Crippen LogP contribution in [-0.2, 0) is 0 Å². The maximum atomic E-state index is 5.40. The van der Waals surface area contributed by atoms with Crippen molar-refractivity contribution in [3.8, 4) is 0 Å². The van der Waals surface area contributed by atoms with Gasteiger partial charge in [-0.3, -0.25) is 4.90 Å². The summed E-state index contributed by atoms with van der Waals surface area (Å²) in [7, 11) is 0. The molecule has 0 spiro atoms. The Kier molecular flexibility index (Phi) is 13.7. The second-order valence-corrected chi connectivity index (χ2v) is 4.37. The van der Waals surface area contributed by atoms with Crippen LogP contribution >= 0.6 is 0 Å². The maximum Gasteiger partial charge on any atom is 0.0108 e. The standard InChI is InChI=1S/C6H15N3.C6H16N2/c7-1-4-9-5-2-8-3-6-9;7-5-3-1-2-4-6-8/h8H,1-7H2;1-8H2. The van der Waals surface area contributed by atoms with Gasteiger partial charge >= 0.3 is 0 Å². The summed E-state index contributed by atoms with van der Waals surface area (Å²) < 4.78 is 0. The summed E-state index contributed by atoms with van der Waals surface area (Å²) in [5.74, 6) is 0. The van der Waals surface area contributed by atoms with Gasteiger partial charge in [-0.25, -0.2) is 0 Å². The lowest BCUT2D eigenvalue weighted by Crippen LogP contribution is -2.45. The van der Waals surface area contributed by atoms with Crippen molar-refractivity contribution in [2.45, 2.75) is 25.7 Å². The minimum atomic E-state index is 0.792. The molecular formula is C12H31N5. The van der Waals surface area contributed by atoms with Crippen molar-refractivity contribution in [2.75, 3.05) is 52.4 Å². The Hall–Kier alpha value is -0.200. The number of hydrogen-bond donors (Lipinski definition) is 4. The molecule has 0 unspecified atom stereocenters. The number of nitrogens with two attached hydrogens (primary N) is 3. The Bertz CT molecular complexity index is 128. The molecule has 1 heterocycles. The Morgan fingerprint density at radius 2 is 1.29 bits per heavy atom. The molecule has 5 nitrogen and oxygen atoms in total. The van der Waals surface area contributed by atoms with Crippen molar-refractivity contribution in [2.24, 2.45) is 17.2 Å². The van der Waals surface area contributed by atoms with Crippen molar-refractivity contribution in [1.82, 2.24) is 10.2 Å². The van der Waals surface area contributed by atoms with Gasteiger partial charge in [-0.2, -0.15) is 0 Å². The van der Waals surface area contributed by atoms with Gasteiger partial charge in [0.1, 0.15) is 0 Å². The summed E-state index contributed by atoms with van der Waals surface area (Å²) in [5.41, 5.74) is 16.0. The van der Waals surface area contributed by atoms with Crippen molar-refractivity contribution >= 4 is 0 Å². The van der Waals surface area contributed by atoms with E-state index < -0.39 is 0 Å². The van der Waals surface area contributed by atoms with E-state index in [0.717, 1.165) is 65.2 Å². The molecule has 0 bridgehead atoms. The van der Waals surface area contributed by atoms with Gasteiger partial charge in [-0.1, -0.05) is 12.8 Å². The second-order valence-electron chi connectivity index (χ2n) is 4.37. The highest BCUT2D eigenvalue weighted by molar-refractivity contribution is 4.66. The van der Waals surface area contributed by atoms with E-state index in [4.69, 9.17) is 17.2 Å². The van der Waals surface area contributed by atoms with Gasteiger partial charge in [0, 0.05) is 39.3 Å². The van der Waals surface area contributed by atoms with E-state index in [1.54, 1.807) is 0 Å². The zero-order valence-electron chi connectivity index (χ0n) is 11.2. The largest absolute Gasteiger partial charge is 0.330 e. The van der Waals surface area contributed by atoms with Crippen molar-refractivity contribution < 1.29 is 0 Å². The van der Waals surface area contributed by atoms with Crippen LogP contribution in [0.2, 0.25) is 0 Å². The topological polar surface area (TPSA) is 93.3 Å². The summed E-state index contributed by atoms with van der Waals surface area (Å²) in [6.45, 7) is 8.07. The fourth-order valence-corrected chi connectivity index (χ4v) is 1.76. The van der Waals surface area contributed by atoms with E-state index in [2.05, 4.69) is 10.2 Å². The van der Waals surface area contributed by atoms with Gasteiger partial charge in [0.15, 0.2) is 0 Å². The number of hydrogen-bond acceptors (Lipinski definition) is 5. The summed E-state index contributed by atoms with van der Waals surface area (Å²) in [6, 6.07) is 0. The molecule has 0 aromatic carbocycles. The number of rotatable bonds is 7. The van der Waals surface area contributed by atoms with Crippen LogP contribution in [0.5, 0.6) is 0 Å². The monoisotopic (exact) mass is 245 g/mol. The quantitative estimate of drug-likeness (QED) is 0.446. The molecule has 0 aromatic heterocycles. The van der Waals surface area contributed by atoms with Crippen molar-refractivity contribution in [3.05, 3.63) is 0 Å². The Balaban J connectivity index is 0.000000304. The van der Waals surface area contributed by atoms with Crippen molar-refractivity contribution in [3.63, 3.8) is 0 Å². The number of nitrogens with zero attached hydrogens (tertiary/aromatic N) is 1. The van der Waals surface area contributed by atoms with E-state index in [9.17, 15) is 0 Å². The molecule has 0 atom stereocenters. The minimum Gasteiger partial charge on any atom is -0.330 e. The molecule has 0 saturated carbocycles. The molecule has 7 N–H and O–H groups in total. The fourth-order valence-electron chi connectivity index (χ4n) is 1.76. The van der Waals surface area contributed by atoms with Crippen LogP contribution < -0.4 is 22.5 Å². The predicted octanol–water partition coefficient (Wildman–Crippen LogP) is -0.685. The van der Waals surface area contributed by atoms with Gasteiger partial charge in [-0.05, 0) is 25.9 Å². The fraction of sp³-hybridized carbons (Fsp3) is 1.00. The Morgan fingerprint density at radius 3 is 1.71 bits per heavy atom. The maximum absolute atomic E-state index is 5.40. The van der Waals surface area contributed by atoms with Crippen LogP contribution in [0.15, 0.2) is 0 Å². The highest BCUT2D eigenvalue weighted by atomic mass is 15.2. The average Bonchev–Trinajstić information content (AvgIpc) is 2.37. The summed E-state index contributed by atoms with van der Waals surface area (Å²) in [4.78, 5) is 2.39. The first-order chi connectivity index (χ1) is 8.35. The molecule has 17 heavy (non-hydrogen) atoms. The normalized spacial score (nSPS) is 16.4. The van der Waals surface area contributed by atoms with E-state index in [-0.39, 0.29) is 0 Å². The second kappa shape index (κ2) is 13.9. The smallest absolute Gasteiger partial charge is 0.0108 e. The van der Waals surface area contributed by atoms with Gasteiger partial charge in [0.2, 0.25) is 0 Å². The van der Waals surface area contributed by atoms with Crippen LogP contribution in [0.1, 0.15) is 25.7 Å². The SMILES string of the molecule is NCCCCCCN.NCCN1CCNCC1. The molecule has 5 heteroatoms. The third-order valence-corrected chi connectivity index (χ3v) is 2.81. The van der Waals surface area contributed by atoms with E-state index in [1.165, 1.54) is 12.8 Å². The zero-order valence-corrected chi connectivity index (χ0v) is 11.2. The summed E-state index contributed by atoms with van der Waals surface area (Å²) in [6.07, 6.45) is 4.79. The minimum absolute atomic E-state index is 0.792. The van der Waals surface area contributed by atoms with E-state index in [1.807, 2.05) is 0 Å². The number of piperazine rings is 1. The Morgan fingerprint density at radius 1 is 0.765 bits per heavy atom. The van der Waals surface area contributed by atoms with Gasteiger partial charge < -0.3 is 22.5 Å². The third-order valence-electron chi connectivity index (χ3n) is 2.81. The highest BCUT2D eigenvalue weighted by Crippen LogP contribution is 1.95. The van der Waals surface area contributed by atoms with Crippen LogP contribution in [0.25, 0.3) is 0 Å². The van der Waals surface area contributed by atoms with Crippen LogP contribution in [0.3, 0.4) is 0 Å². The number of unbranched alkanes of at least 4 members (excludes halogenated alkanes) is 3. The molecule has 1 fully saturated rings.